The van der Waals surface area contributed by atoms with Crippen molar-refractivity contribution in [2.24, 2.45) is 0 Å². The van der Waals surface area contributed by atoms with Gasteiger partial charge in [-0.15, -0.1) is 0 Å². The molecule has 1 N–H and O–H groups in total. The third kappa shape index (κ3) is 4.70. The van der Waals surface area contributed by atoms with Crippen LogP contribution >= 0.6 is 0 Å². The molecule has 0 saturated heterocycles. The van der Waals surface area contributed by atoms with E-state index >= 15 is 0 Å². The SMILES string of the molecule is O=C(/C=C/c1ccc(N(c2ccccc2)c2ccccc2)cc1)c1ccc(F)cc1O. The van der Waals surface area contributed by atoms with Crippen LogP contribution in [0.4, 0.5) is 21.5 Å². The first kappa shape index (κ1) is 20.1. The minimum absolute atomic E-state index is 0.0635. The lowest BCUT2D eigenvalue weighted by Crippen LogP contribution is -2.09. The smallest absolute Gasteiger partial charge is 0.189 e. The molecule has 3 nitrogen and oxygen atoms in total. The summed E-state index contributed by atoms with van der Waals surface area (Å²) < 4.78 is 13.1. The van der Waals surface area contributed by atoms with Gasteiger partial charge >= 0.3 is 0 Å². The van der Waals surface area contributed by atoms with Gasteiger partial charge in [0.05, 0.1) is 5.56 Å². The molecule has 0 amide bonds. The Labute approximate surface area is 180 Å². The van der Waals surface area contributed by atoms with E-state index in [4.69, 9.17) is 0 Å². The van der Waals surface area contributed by atoms with Crippen molar-refractivity contribution in [1.29, 1.82) is 0 Å². The summed E-state index contributed by atoms with van der Waals surface area (Å²) >= 11 is 0. The number of rotatable bonds is 6. The van der Waals surface area contributed by atoms with Crippen molar-refractivity contribution in [3.05, 3.63) is 126 Å². The maximum atomic E-state index is 13.1. The van der Waals surface area contributed by atoms with E-state index in [1.165, 1.54) is 12.1 Å². The van der Waals surface area contributed by atoms with E-state index in [9.17, 15) is 14.3 Å². The number of hydrogen-bond donors (Lipinski definition) is 1. The Hall–Kier alpha value is -4.18. The number of nitrogens with zero attached hydrogens (tertiary/aromatic N) is 1. The van der Waals surface area contributed by atoms with Crippen molar-refractivity contribution in [2.45, 2.75) is 0 Å². The topological polar surface area (TPSA) is 40.5 Å². The molecule has 4 aromatic rings. The van der Waals surface area contributed by atoms with Crippen molar-refractivity contribution in [3.8, 4) is 5.75 Å². The molecule has 4 aromatic carbocycles. The molecule has 0 atom stereocenters. The average molecular weight is 409 g/mol. The Bertz CT molecular complexity index is 1160. The highest BCUT2D eigenvalue weighted by atomic mass is 19.1. The Morgan fingerprint density at radius 3 is 1.84 bits per heavy atom. The van der Waals surface area contributed by atoms with Crippen molar-refractivity contribution in [1.82, 2.24) is 0 Å². The number of benzene rings is 4. The maximum absolute atomic E-state index is 13.1. The molecule has 0 spiro atoms. The zero-order valence-electron chi connectivity index (χ0n) is 16.7. The second-order valence-electron chi connectivity index (χ2n) is 6.96. The van der Waals surface area contributed by atoms with E-state index in [2.05, 4.69) is 29.2 Å². The van der Waals surface area contributed by atoms with Crippen LogP contribution in [-0.4, -0.2) is 10.9 Å². The molecule has 4 rings (SSSR count). The Balaban J connectivity index is 1.59. The van der Waals surface area contributed by atoms with Gasteiger partial charge in [0.25, 0.3) is 0 Å². The number of allylic oxidation sites excluding steroid dienone is 1. The second-order valence-corrected chi connectivity index (χ2v) is 6.96. The van der Waals surface area contributed by atoms with Gasteiger partial charge in [-0.1, -0.05) is 54.6 Å². The first-order chi connectivity index (χ1) is 15.1. The lowest BCUT2D eigenvalue weighted by atomic mass is 10.1. The number of hydrogen-bond acceptors (Lipinski definition) is 3. The third-order valence-electron chi connectivity index (χ3n) is 4.83. The predicted molar refractivity (Wildman–Crippen MR) is 123 cm³/mol. The number of halogens is 1. The fraction of sp³-hybridized carbons (Fsp3) is 0. The van der Waals surface area contributed by atoms with E-state index in [1.807, 2.05) is 60.7 Å². The van der Waals surface area contributed by atoms with Crippen LogP contribution < -0.4 is 4.90 Å². The van der Waals surface area contributed by atoms with Crippen molar-refractivity contribution in [3.63, 3.8) is 0 Å². The quantitative estimate of drug-likeness (QED) is 0.278. The summed E-state index contributed by atoms with van der Waals surface area (Å²) in [5.74, 6) is -1.35. The summed E-state index contributed by atoms with van der Waals surface area (Å²) in [6.07, 6.45) is 3.04. The highest BCUT2D eigenvalue weighted by Crippen LogP contribution is 2.34. The number of anilines is 3. The minimum atomic E-state index is -0.588. The number of carbonyl (C=O) groups is 1. The van der Waals surface area contributed by atoms with Gasteiger partial charge in [-0.2, -0.15) is 0 Å². The molecule has 0 radical (unpaired) electrons. The largest absolute Gasteiger partial charge is 0.507 e. The molecule has 0 aromatic heterocycles. The standard InChI is InChI=1S/C27H20FNO2/c28-21-14-17-25(27(31)19-21)26(30)18-13-20-11-15-24(16-12-20)29(22-7-3-1-4-8-22)23-9-5-2-6-10-23/h1-19,31H/b18-13+. The Morgan fingerprint density at radius 2 is 1.29 bits per heavy atom. The van der Waals surface area contributed by atoms with Gasteiger partial charge in [0.15, 0.2) is 5.78 Å². The highest BCUT2D eigenvalue weighted by Gasteiger charge is 2.12. The first-order valence-corrected chi connectivity index (χ1v) is 9.83. The summed E-state index contributed by atoms with van der Waals surface area (Å²) in [6, 6.07) is 31.3. The zero-order chi connectivity index (χ0) is 21.6. The van der Waals surface area contributed by atoms with Gasteiger partial charge in [0.1, 0.15) is 11.6 Å². The van der Waals surface area contributed by atoms with Crippen molar-refractivity contribution in [2.75, 3.05) is 4.90 Å². The number of phenolic OH excluding ortho intramolecular Hbond substituents is 1. The third-order valence-corrected chi connectivity index (χ3v) is 4.83. The van der Waals surface area contributed by atoms with E-state index in [0.717, 1.165) is 34.8 Å². The fourth-order valence-corrected chi connectivity index (χ4v) is 3.31. The van der Waals surface area contributed by atoms with Crippen molar-refractivity contribution >= 4 is 28.9 Å². The van der Waals surface area contributed by atoms with E-state index < -0.39 is 11.6 Å². The van der Waals surface area contributed by atoms with Gasteiger partial charge in [-0.3, -0.25) is 4.79 Å². The molecular weight excluding hydrogens is 389 g/mol. The number of carbonyl (C=O) groups excluding carboxylic acids is 1. The highest BCUT2D eigenvalue weighted by molar-refractivity contribution is 6.08. The lowest BCUT2D eigenvalue weighted by Gasteiger charge is -2.25. The minimum Gasteiger partial charge on any atom is -0.507 e. The van der Waals surface area contributed by atoms with Crippen LogP contribution in [0.15, 0.2) is 109 Å². The fourth-order valence-electron chi connectivity index (χ4n) is 3.31. The van der Waals surface area contributed by atoms with Gasteiger partial charge in [-0.05, 0) is 60.2 Å². The van der Waals surface area contributed by atoms with Crippen LogP contribution in [-0.2, 0) is 0 Å². The summed E-state index contributed by atoms with van der Waals surface area (Å²) in [7, 11) is 0. The van der Waals surface area contributed by atoms with Crippen LogP contribution in [0.5, 0.6) is 5.75 Å². The Kier molecular flexibility index (Phi) is 5.90. The molecule has 0 heterocycles. The molecule has 0 bridgehead atoms. The molecule has 0 fully saturated rings. The van der Waals surface area contributed by atoms with Crippen LogP contribution in [0, 0.1) is 5.82 Å². The molecule has 4 heteroatoms. The van der Waals surface area contributed by atoms with Crippen LogP contribution in [0.25, 0.3) is 6.08 Å². The van der Waals surface area contributed by atoms with E-state index in [-0.39, 0.29) is 11.3 Å². The number of aromatic hydroxyl groups is 1. The molecule has 152 valence electrons. The van der Waals surface area contributed by atoms with E-state index in [0.29, 0.717) is 0 Å². The summed E-state index contributed by atoms with van der Waals surface area (Å²) in [5.41, 5.74) is 3.96. The maximum Gasteiger partial charge on any atom is 0.189 e. The molecule has 0 saturated carbocycles. The van der Waals surface area contributed by atoms with E-state index in [1.54, 1.807) is 6.08 Å². The number of phenols is 1. The van der Waals surface area contributed by atoms with Gasteiger partial charge in [-0.25, -0.2) is 4.39 Å². The van der Waals surface area contributed by atoms with Crippen LogP contribution in [0.3, 0.4) is 0 Å². The van der Waals surface area contributed by atoms with Crippen LogP contribution in [0.1, 0.15) is 15.9 Å². The molecule has 0 aliphatic heterocycles. The summed E-state index contributed by atoms with van der Waals surface area (Å²) in [5, 5.41) is 9.77. The van der Waals surface area contributed by atoms with Crippen LogP contribution in [0.2, 0.25) is 0 Å². The molecule has 0 aliphatic rings. The normalized spacial score (nSPS) is 10.9. The molecule has 31 heavy (non-hydrogen) atoms. The molecule has 0 aliphatic carbocycles. The number of ketones is 1. The number of para-hydroxylation sites is 2. The first-order valence-electron chi connectivity index (χ1n) is 9.83. The van der Waals surface area contributed by atoms with Gasteiger partial charge in [0.2, 0.25) is 0 Å². The predicted octanol–water partition coefficient (Wildman–Crippen LogP) is 6.90. The molecule has 0 unspecified atom stereocenters. The van der Waals surface area contributed by atoms with Crippen molar-refractivity contribution < 1.29 is 14.3 Å². The molecular formula is C27H20FNO2. The van der Waals surface area contributed by atoms with Gasteiger partial charge < -0.3 is 10.0 Å². The second kappa shape index (κ2) is 9.09. The lowest BCUT2D eigenvalue weighted by molar-refractivity contribution is 0.104. The van der Waals surface area contributed by atoms with Gasteiger partial charge in [0, 0.05) is 23.1 Å². The monoisotopic (exact) mass is 409 g/mol. The summed E-state index contributed by atoms with van der Waals surface area (Å²) in [4.78, 5) is 14.5. The summed E-state index contributed by atoms with van der Waals surface area (Å²) in [6.45, 7) is 0. The Morgan fingerprint density at radius 1 is 0.742 bits per heavy atom. The average Bonchev–Trinajstić information content (AvgIpc) is 2.80. The zero-order valence-corrected chi connectivity index (χ0v) is 16.7.